The fourth-order valence-electron chi connectivity index (χ4n) is 1.06. The van der Waals surface area contributed by atoms with Gasteiger partial charge in [0.05, 0.1) is 6.10 Å². The second-order valence-corrected chi connectivity index (χ2v) is 3.48. The van der Waals surface area contributed by atoms with Gasteiger partial charge in [0.2, 0.25) is 0 Å². The highest BCUT2D eigenvalue weighted by molar-refractivity contribution is 9.09. The summed E-state index contributed by atoms with van der Waals surface area (Å²) in [4.78, 5) is 0. The van der Waals surface area contributed by atoms with Gasteiger partial charge in [-0.1, -0.05) is 46.3 Å². The van der Waals surface area contributed by atoms with Crippen molar-refractivity contribution in [3.05, 3.63) is 35.9 Å². The summed E-state index contributed by atoms with van der Waals surface area (Å²) in [5.74, 6) is 0. The molecular weight excluding hydrogens is 216 g/mol. The molecule has 0 heterocycles. The number of aliphatic hydroxyl groups is 1. The molecule has 1 atom stereocenters. The van der Waals surface area contributed by atoms with E-state index in [-0.39, 0.29) is 6.10 Å². The highest BCUT2D eigenvalue weighted by Crippen LogP contribution is 2.05. The van der Waals surface area contributed by atoms with E-state index in [0.29, 0.717) is 5.33 Å². The molecule has 0 aliphatic heterocycles. The molecule has 0 unspecified atom stereocenters. The third-order valence-electron chi connectivity index (χ3n) is 1.79. The number of hydrogen-bond acceptors (Lipinski definition) is 1. The van der Waals surface area contributed by atoms with Gasteiger partial charge in [-0.2, -0.15) is 0 Å². The van der Waals surface area contributed by atoms with Crippen LogP contribution in [0, 0.1) is 0 Å². The number of benzene rings is 1. The van der Waals surface area contributed by atoms with Crippen LogP contribution in [0.15, 0.2) is 30.3 Å². The molecule has 1 N–H and O–H groups in total. The monoisotopic (exact) mass is 228 g/mol. The Morgan fingerprint density at radius 1 is 1.25 bits per heavy atom. The summed E-state index contributed by atoms with van der Waals surface area (Å²) in [6, 6.07) is 10.2. The fourth-order valence-corrected chi connectivity index (χ4v) is 1.38. The van der Waals surface area contributed by atoms with Crippen LogP contribution < -0.4 is 0 Å². The summed E-state index contributed by atoms with van der Waals surface area (Å²) in [7, 11) is 0. The number of alkyl halides is 1. The molecular formula is C10H13BrO. The van der Waals surface area contributed by atoms with Crippen LogP contribution in [0.1, 0.15) is 12.0 Å². The van der Waals surface area contributed by atoms with Crippen molar-refractivity contribution in [1.82, 2.24) is 0 Å². The summed E-state index contributed by atoms with van der Waals surface area (Å²) in [5.41, 5.74) is 1.29. The van der Waals surface area contributed by atoms with Crippen molar-refractivity contribution < 1.29 is 5.11 Å². The Morgan fingerprint density at radius 3 is 2.50 bits per heavy atom. The maximum Gasteiger partial charge on any atom is 0.0640 e. The summed E-state index contributed by atoms with van der Waals surface area (Å²) < 4.78 is 0. The molecule has 1 rings (SSSR count). The van der Waals surface area contributed by atoms with Gasteiger partial charge in [-0.3, -0.25) is 0 Å². The minimum atomic E-state index is -0.217. The van der Waals surface area contributed by atoms with Crippen molar-refractivity contribution in [1.29, 1.82) is 0 Å². The lowest BCUT2D eigenvalue weighted by atomic mass is 10.1. The van der Waals surface area contributed by atoms with E-state index in [9.17, 15) is 5.11 Å². The smallest absolute Gasteiger partial charge is 0.0640 e. The SMILES string of the molecule is O[C@@H](CBr)CCc1ccccc1. The van der Waals surface area contributed by atoms with E-state index in [2.05, 4.69) is 28.1 Å². The Bertz CT molecular complexity index is 210. The van der Waals surface area contributed by atoms with Crippen LogP contribution >= 0.6 is 15.9 Å². The van der Waals surface area contributed by atoms with E-state index in [1.807, 2.05) is 18.2 Å². The van der Waals surface area contributed by atoms with Crippen LogP contribution in [-0.4, -0.2) is 16.5 Å². The van der Waals surface area contributed by atoms with Crippen LogP contribution in [0.4, 0.5) is 0 Å². The molecule has 0 fully saturated rings. The molecule has 66 valence electrons. The molecule has 0 spiro atoms. The Hall–Kier alpha value is -0.340. The quantitative estimate of drug-likeness (QED) is 0.786. The average Bonchev–Trinajstić information content (AvgIpc) is 2.16. The predicted molar refractivity (Wildman–Crippen MR) is 54.6 cm³/mol. The lowest BCUT2D eigenvalue weighted by Crippen LogP contribution is -2.08. The third kappa shape index (κ3) is 3.37. The van der Waals surface area contributed by atoms with Crippen molar-refractivity contribution in [3.63, 3.8) is 0 Å². The number of hydrogen-bond donors (Lipinski definition) is 1. The van der Waals surface area contributed by atoms with E-state index in [1.54, 1.807) is 0 Å². The van der Waals surface area contributed by atoms with E-state index >= 15 is 0 Å². The van der Waals surface area contributed by atoms with Gasteiger partial charge in [-0.25, -0.2) is 0 Å². The lowest BCUT2D eigenvalue weighted by molar-refractivity contribution is 0.191. The largest absolute Gasteiger partial charge is 0.392 e. The minimum Gasteiger partial charge on any atom is -0.392 e. The first kappa shape index (κ1) is 9.75. The second kappa shape index (κ2) is 5.33. The first-order valence-electron chi connectivity index (χ1n) is 4.11. The minimum absolute atomic E-state index is 0.217. The van der Waals surface area contributed by atoms with Crippen molar-refractivity contribution in [2.45, 2.75) is 18.9 Å². The van der Waals surface area contributed by atoms with Gasteiger partial charge in [0, 0.05) is 5.33 Å². The van der Waals surface area contributed by atoms with E-state index in [1.165, 1.54) is 5.56 Å². The molecule has 0 amide bonds. The highest BCUT2D eigenvalue weighted by Gasteiger charge is 2.00. The molecule has 0 bridgehead atoms. The number of aliphatic hydroxyl groups excluding tert-OH is 1. The molecule has 0 aliphatic rings. The zero-order chi connectivity index (χ0) is 8.81. The average molecular weight is 229 g/mol. The van der Waals surface area contributed by atoms with Crippen LogP contribution in [0.25, 0.3) is 0 Å². The van der Waals surface area contributed by atoms with Crippen LogP contribution in [-0.2, 0) is 6.42 Å². The topological polar surface area (TPSA) is 20.2 Å². The molecule has 1 aromatic rings. The number of halogens is 1. The molecule has 0 aliphatic carbocycles. The van der Waals surface area contributed by atoms with Crippen molar-refractivity contribution in [2.75, 3.05) is 5.33 Å². The second-order valence-electron chi connectivity index (χ2n) is 2.83. The predicted octanol–water partition coefficient (Wildman–Crippen LogP) is 2.38. The normalized spacial score (nSPS) is 12.8. The Kier molecular flexibility index (Phi) is 4.33. The number of aryl methyl sites for hydroxylation is 1. The summed E-state index contributed by atoms with van der Waals surface area (Å²) in [6.07, 6.45) is 1.56. The maximum absolute atomic E-state index is 9.27. The summed E-state index contributed by atoms with van der Waals surface area (Å²) in [5, 5.41) is 9.94. The van der Waals surface area contributed by atoms with Crippen molar-refractivity contribution in [3.8, 4) is 0 Å². The van der Waals surface area contributed by atoms with Gasteiger partial charge in [0.25, 0.3) is 0 Å². The van der Waals surface area contributed by atoms with E-state index in [4.69, 9.17) is 0 Å². The first-order valence-corrected chi connectivity index (χ1v) is 5.23. The molecule has 12 heavy (non-hydrogen) atoms. The molecule has 1 aromatic carbocycles. The number of rotatable bonds is 4. The van der Waals surface area contributed by atoms with Gasteiger partial charge >= 0.3 is 0 Å². The highest BCUT2D eigenvalue weighted by atomic mass is 79.9. The molecule has 0 radical (unpaired) electrons. The van der Waals surface area contributed by atoms with Crippen molar-refractivity contribution in [2.24, 2.45) is 0 Å². The Morgan fingerprint density at radius 2 is 1.92 bits per heavy atom. The van der Waals surface area contributed by atoms with Gasteiger partial charge in [0.1, 0.15) is 0 Å². The fraction of sp³-hybridized carbons (Fsp3) is 0.400. The standard InChI is InChI=1S/C10H13BrO/c11-8-10(12)7-6-9-4-2-1-3-5-9/h1-5,10,12H,6-8H2/t10-/m1/s1. The zero-order valence-corrected chi connectivity index (χ0v) is 8.50. The van der Waals surface area contributed by atoms with Crippen molar-refractivity contribution >= 4 is 15.9 Å². The molecule has 1 nitrogen and oxygen atoms in total. The van der Waals surface area contributed by atoms with Gasteiger partial charge < -0.3 is 5.11 Å². The summed E-state index contributed by atoms with van der Waals surface area (Å²) >= 11 is 3.24. The maximum atomic E-state index is 9.27. The molecule has 0 aromatic heterocycles. The lowest BCUT2D eigenvalue weighted by Gasteiger charge is -2.05. The van der Waals surface area contributed by atoms with Gasteiger partial charge in [-0.15, -0.1) is 0 Å². The Balaban J connectivity index is 2.33. The molecule has 0 saturated heterocycles. The van der Waals surface area contributed by atoms with Crippen LogP contribution in [0.2, 0.25) is 0 Å². The van der Waals surface area contributed by atoms with Crippen LogP contribution in [0.3, 0.4) is 0 Å². The first-order chi connectivity index (χ1) is 5.83. The summed E-state index contributed by atoms with van der Waals surface area (Å²) in [6.45, 7) is 0. The zero-order valence-electron chi connectivity index (χ0n) is 6.91. The van der Waals surface area contributed by atoms with Gasteiger partial charge in [0.15, 0.2) is 0 Å². The van der Waals surface area contributed by atoms with E-state index in [0.717, 1.165) is 12.8 Å². The third-order valence-corrected chi connectivity index (χ3v) is 2.53. The van der Waals surface area contributed by atoms with Crippen LogP contribution in [0.5, 0.6) is 0 Å². The molecule has 2 heteroatoms. The Labute approximate surface area is 81.6 Å². The molecule has 0 saturated carbocycles. The van der Waals surface area contributed by atoms with Gasteiger partial charge in [-0.05, 0) is 18.4 Å². The van der Waals surface area contributed by atoms with E-state index < -0.39 is 0 Å².